The Morgan fingerprint density at radius 3 is 3.00 bits per heavy atom. The third-order valence-corrected chi connectivity index (χ3v) is 4.22. The maximum atomic E-state index is 12.2. The van der Waals surface area contributed by atoms with Gasteiger partial charge < -0.3 is 5.32 Å². The lowest BCUT2D eigenvalue weighted by Gasteiger charge is -2.22. The first-order chi connectivity index (χ1) is 10.0. The molecule has 1 aliphatic heterocycles. The number of amides is 1. The van der Waals surface area contributed by atoms with Crippen molar-refractivity contribution in [3.8, 4) is 0 Å². The standard InChI is InChI=1S/C14H18ClN3O3/c1-2-17-8-4-5-10(17)9-16-14(19)11-6-3-7-12(13(11)15)18(20)21/h3,6-7,10H,2,4-5,8-9H2,1H3,(H,16,19). The Balaban J connectivity index is 2.04. The maximum Gasteiger partial charge on any atom is 0.288 e. The maximum absolute atomic E-state index is 12.2. The molecular formula is C14H18ClN3O3. The van der Waals surface area contributed by atoms with Crippen LogP contribution in [-0.2, 0) is 0 Å². The molecule has 7 heteroatoms. The molecule has 2 rings (SSSR count). The van der Waals surface area contributed by atoms with Crippen molar-refractivity contribution in [1.82, 2.24) is 10.2 Å². The van der Waals surface area contributed by atoms with E-state index >= 15 is 0 Å². The molecular weight excluding hydrogens is 294 g/mol. The molecule has 114 valence electrons. The van der Waals surface area contributed by atoms with Gasteiger partial charge in [0, 0.05) is 18.7 Å². The number of carbonyl (C=O) groups excluding carboxylic acids is 1. The van der Waals surface area contributed by atoms with Crippen LogP contribution in [0.3, 0.4) is 0 Å². The lowest BCUT2D eigenvalue weighted by Crippen LogP contribution is -2.40. The van der Waals surface area contributed by atoms with Crippen LogP contribution in [0.4, 0.5) is 5.69 Å². The normalized spacial score (nSPS) is 18.7. The molecule has 1 aromatic carbocycles. The van der Waals surface area contributed by atoms with Crippen molar-refractivity contribution in [2.75, 3.05) is 19.6 Å². The summed E-state index contributed by atoms with van der Waals surface area (Å²) in [5.41, 5.74) is -0.104. The van der Waals surface area contributed by atoms with Crippen molar-refractivity contribution in [1.29, 1.82) is 0 Å². The van der Waals surface area contributed by atoms with Crippen molar-refractivity contribution in [3.05, 3.63) is 38.9 Å². The molecule has 6 nitrogen and oxygen atoms in total. The van der Waals surface area contributed by atoms with Gasteiger partial charge in [0.05, 0.1) is 10.5 Å². The Hall–Kier alpha value is -1.66. The van der Waals surface area contributed by atoms with Crippen LogP contribution in [-0.4, -0.2) is 41.4 Å². The molecule has 21 heavy (non-hydrogen) atoms. The van der Waals surface area contributed by atoms with E-state index in [1.807, 2.05) is 0 Å². The summed E-state index contributed by atoms with van der Waals surface area (Å²) >= 11 is 5.94. The lowest BCUT2D eigenvalue weighted by molar-refractivity contribution is -0.384. The number of carbonyl (C=O) groups is 1. The minimum atomic E-state index is -0.588. The number of nitro groups is 1. The van der Waals surface area contributed by atoms with Gasteiger partial charge in [-0.05, 0) is 32.0 Å². The fourth-order valence-electron chi connectivity index (χ4n) is 2.68. The van der Waals surface area contributed by atoms with Gasteiger partial charge in [0.15, 0.2) is 0 Å². The molecule has 1 heterocycles. The molecule has 1 N–H and O–H groups in total. The number of likely N-dealkylation sites (tertiary alicyclic amines) is 1. The number of hydrogen-bond acceptors (Lipinski definition) is 4. The average molecular weight is 312 g/mol. The van der Waals surface area contributed by atoms with E-state index in [1.54, 1.807) is 0 Å². The zero-order valence-electron chi connectivity index (χ0n) is 11.8. The molecule has 1 saturated heterocycles. The van der Waals surface area contributed by atoms with Crippen molar-refractivity contribution in [2.24, 2.45) is 0 Å². The minimum absolute atomic E-state index is 0.112. The Morgan fingerprint density at radius 2 is 2.33 bits per heavy atom. The van der Waals surface area contributed by atoms with Gasteiger partial charge in [0.25, 0.3) is 11.6 Å². The van der Waals surface area contributed by atoms with Gasteiger partial charge in [-0.2, -0.15) is 0 Å². The summed E-state index contributed by atoms with van der Waals surface area (Å²) in [6.07, 6.45) is 2.18. The fourth-order valence-corrected chi connectivity index (χ4v) is 2.97. The predicted octanol–water partition coefficient (Wildman–Crippen LogP) is 2.46. The Morgan fingerprint density at radius 1 is 1.57 bits per heavy atom. The molecule has 0 radical (unpaired) electrons. The highest BCUT2D eigenvalue weighted by Crippen LogP contribution is 2.27. The number of rotatable bonds is 5. The summed E-state index contributed by atoms with van der Waals surface area (Å²) in [6, 6.07) is 4.58. The third kappa shape index (κ3) is 3.51. The second-order valence-electron chi connectivity index (χ2n) is 5.03. The van der Waals surface area contributed by atoms with Gasteiger partial charge in [0.2, 0.25) is 0 Å². The smallest absolute Gasteiger partial charge is 0.288 e. The summed E-state index contributed by atoms with van der Waals surface area (Å²) in [4.78, 5) is 24.7. The largest absolute Gasteiger partial charge is 0.350 e. The van der Waals surface area contributed by atoms with Crippen LogP contribution < -0.4 is 5.32 Å². The molecule has 0 aliphatic carbocycles. The summed E-state index contributed by atoms with van der Waals surface area (Å²) in [5, 5.41) is 13.5. The van der Waals surface area contributed by atoms with Crippen LogP contribution in [0, 0.1) is 10.1 Å². The number of likely N-dealkylation sites (N-methyl/N-ethyl adjacent to an activating group) is 1. The van der Waals surface area contributed by atoms with Gasteiger partial charge in [-0.1, -0.05) is 24.6 Å². The number of benzene rings is 1. The van der Waals surface area contributed by atoms with E-state index in [4.69, 9.17) is 11.6 Å². The highest BCUT2D eigenvalue weighted by molar-refractivity contribution is 6.35. The highest BCUT2D eigenvalue weighted by Gasteiger charge is 2.25. The average Bonchev–Trinajstić information content (AvgIpc) is 2.92. The van der Waals surface area contributed by atoms with Crippen molar-refractivity contribution >= 4 is 23.2 Å². The molecule has 0 spiro atoms. The second-order valence-corrected chi connectivity index (χ2v) is 5.41. The quantitative estimate of drug-likeness (QED) is 0.669. The van der Waals surface area contributed by atoms with Crippen LogP contribution in [0.5, 0.6) is 0 Å². The van der Waals surface area contributed by atoms with E-state index in [-0.39, 0.29) is 22.2 Å². The lowest BCUT2D eigenvalue weighted by atomic mass is 10.1. The Kier molecular flexibility index (Phi) is 5.14. The van der Waals surface area contributed by atoms with Gasteiger partial charge in [-0.15, -0.1) is 0 Å². The van der Waals surface area contributed by atoms with E-state index in [2.05, 4.69) is 17.1 Å². The number of nitro benzene ring substituents is 1. The Bertz CT molecular complexity index is 550. The van der Waals surface area contributed by atoms with Crippen LogP contribution in [0.15, 0.2) is 18.2 Å². The van der Waals surface area contributed by atoms with E-state index in [9.17, 15) is 14.9 Å². The first-order valence-corrected chi connectivity index (χ1v) is 7.37. The van der Waals surface area contributed by atoms with Crippen LogP contribution in [0.2, 0.25) is 5.02 Å². The third-order valence-electron chi connectivity index (χ3n) is 3.82. The zero-order chi connectivity index (χ0) is 15.4. The summed E-state index contributed by atoms with van der Waals surface area (Å²) < 4.78 is 0. The minimum Gasteiger partial charge on any atom is -0.350 e. The fraction of sp³-hybridized carbons (Fsp3) is 0.500. The molecule has 0 saturated carbocycles. The Labute approximate surface area is 128 Å². The summed E-state index contributed by atoms with van der Waals surface area (Å²) in [6.45, 7) is 4.63. The van der Waals surface area contributed by atoms with E-state index in [1.165, 1.54) is 18.2 Å². The second kappa shape index (κ2) is 6.87. The van der Waals surface area contributed by atoms with Crippen molar-refractivity contribution in [2.45, 2.75) is 25.8 Å². The number of nitrogens with one attached hydrogen (secondary N) is 1. The number of halogens is 1. The molecule has 1 unspecified atom stereocenters. The molecule has 1 aliphatic rings. The number of hydrogen-bond donors (Lipinski definition) is 1. The van der Waals surface area contributed by atoms with E-state index < -0.39 is 4.92 Å². The molecule has 0 bridgehead atoms. The van der Waals surface area contributed by atoms with Gasteiger partial charge in [-0.25, -0.2) is 0 Å². The molecule has 1 amide bonds. The molecule has 1 aromatic rings. The number of nitrogens with zero attached hydrogens (tertiary/aromatic N) is 2. The van der Waals surface area contributed by atoms with Gasteiger partial charge in [0.1, 0.15) is 5.02 Å². The van der Waals surface area contributed by atoms with Crippen molar-refractivity contribution in [3.63, 3.8) is 0 Å². The van der Waals surface area contributed by atoms with Crippen LogP contribution >= 0.6 is 11.6 Å². The van der Waals surface area contributed by atoms with Crippen LogP contribution in [0.25, 0.3) is 0 Å². The first-order valence-electron chi connectivity index (χ1n) is 6.99. The molecule has 0 aromatic heterocycles. The summed E-state index contributed by atoms with van der Waals surface area (Å²) in [7, 11) is 0. The summed E-state index contributed by atoms with van der Waals surface area (Å²) in [5.74, 6) is -0.369. The monoisotopic (exact) mass is 311 g/mol. The van der Waals surface area contributed by atoms with Gasteiger partial charge >= 0.3 is 0 Å². The van der Waals surface area contributed by atoms with E-state index in [0.717, 1.165) is 25.9 Å². The topological polar surface area (TPSA) is 75.5 Å². The van der Waals surface area contributed by atoms with Crippen molar-refractivity contribution < 1.29 is 9.72 Å². The molecule has 1 fully saturated rings. The SMILES string of the molecule is CCN1CCCC1CNC(=O)c1cccc([N+](=O)[O-])c1Cl. The molecule has 1 atom stereocenters. The van der Waals surface area contributed by atoms with E-state index in [0.29, 0.717) is 12.6 Å². The van der Waals surface area contributed by atoms with Gasteiger partial charge in [-0.3, -0.25) is 19.8 Å². The zero-order valence-corrected chi connectivity index (χ0v) is 12.6. The highest BCUT2D eigenvalue weighted by atomic mass is 35.5. The predicted molar refractivity (Wildman–Crippen MR) is 80.7 cm³/mol. The first kappa shape index (κ1) is 15.7. The van der Waals surface area contributed by atoms with Crippen LogP contribution in [0.1, 0.15) is 30.1 Å².